The summed E-state index contributed by atoms with van der Waals surface area (Å²) in [5.74, 6) is -1.10. The molecule has 5 heteroatoms. The standard InChI is InChI=1S/C22H25NO4/c1-3-4-13-22(2,20(24)25)23-21(26)27-14-19-17-11-7-5-9-15(17)16-10-6-8-12-18(16)19/h5-12,19H,3-4,13-14H2,1-2H3,(H,23,26)(H,24,25). The van der Waals surface area contributed by atoms with Crippen LogP contribution in [0.4, 0.5) is 4.79 Å². The van der Waals surface area contributed by atoms with Gasteiger partial charge >= 0.3 is 12.1 Å². The van der Waals surface area contributed by atoms with E-state index in [0.29, 0.717) is 12.8 Å². The summed E-state index contributed by atoms with van der Waals surface area (Å²) in [7, 11) is 0. The number of benzene rings is 2. The van der Waals surface area contributed by atoms with Crippen molar-refractivity contribution < 1.29 is 19.4 Å². The van der Waals surface area contributed by atoms with Crippen LogP contribution in [0.2, 0.25) is 0 Å². The van der Waals surface area contributed by atoms with Crippen LogP contribution < -0.4 is 5.32 Å². The van der Waals surface area contributed by atoms with Crippen molar-refractivity contribution in [3.63, 3.8) is 0 Å². The molecule has 0 spiro atoms. The molecule has 5 nitrogen and oxygen atoms in total. The number of carboxylic acid groups (broad SMARTS) is 1. The normalized spacial score (nSPS) is 14.7. The number of fused-ring (bicyclic) bond motifs is 3. The molecule has 0 saturated heterocycles. The van der Waals surface area contributed by atoms with Gasteiger partial charge in [0.15, 0.2) is 0 Å². The van der Waals surface area contributed by atoms with Crippen LogP contribution in [0.15, 0.2) is 48.5 Å². The van der Waals surface area contributed by atoms with E-state index in [1.807, 2.05) is 43.3 Å². The number of carbonyl (C=O) groups excluding carboxylic acids is 1. The lowest BCUT2D eigenvalue weighted by atomic mass is 9.95. The Hall–Kier alpha value is -2.82. The van der Waals surface area contributed by atoms with E-state index in [0.717, 1.165) is 28.7 Å². The number of unbranched alkanes of at least 4 members (excludes halogenated alkanes) is 1. The Morgan fingerprint density at radius 3 is 2.15 bits per heavy atom. The Morgan fingerprint density at radius 2 is 1.63 bits per heavy atom. The molecule has 0 fully saturated rings. The lowest BCUT2D eigenvalue weighted by molar-refractivity contribution is -0.144. The molecule has 1 atom stereocenters. The molecule has 2 aromatic rings. The quantitative estimate of drug-likeness (QED) is 0.752. The highest BCUT2D eigenvalue weighted by atomic mass is 16.5. The van der Waals surface area contributed by atoms with E-state index in [1.54, 1.807) is 0 Å². The van der Waals surface area contributed by atoms with Crippen molar-refractivity contribution in [2.24, 2.45) is 0 Å². The molecule has 142 valence electrons. The zero-order valence-corrected chi connectivity index (χ0v) is 15.7. The van der Waals surface area contributed by atoms with Gasteiger partial charge in [0.05, 0.1) is 0 Å². The first-order valence-corrected chi connectivity index (χ1v) is 9.33. The maximum absolute atomic E-state index is 12.3. The first-order valence-electron chi connectivity index (χ1n) is 9.33. The molecule has 1 aliphatic carbocycles. The fraction of sp³-hybridized carbons (Fsp3) is 0.364. The number of carboxylic acids is 1. The van der Waals surface area contributed by atoms with Gasteiger partial charge < -0.3 is 15.2 Å². The molecule has 0 aromatic heterocycles. The minimum atomic E-state index is -1.32. The fourth-order valence-corrected chi connectivity index (χ4v) is 3.61. The van der Waals surface area contributed by atoms with Crippen LogP contribution in [-0.4, -0.2) is 29.3 Å². The number of nitrogens with one attached hydrogen (secondary N) is 1. The second-order valence-electron chi connectivity index (χ2n) is 7.19. The van der Waals surface area contributed by atoms with E-state index in [1.165, 1.54) is 6.92 Å². The Balaban J connectivity index is 1.71. The third-order valence-electron chi connectivity index (χ3n) is 5.22. The molecule has 0 aliphatic heterocycles. The van der Waals surface area contributed by atoms with Crippen LogP contribution >= 0.6 is 0 Å². The van der Waals surface area contributed by atoms with Gasteiger partial charge in [-0.15, -0.1) is 0 Å². The summed E-state index contributed by atoms with van der Waals surface area (Å²) in [6, 6.07) is 16.2. The Labute approximate surface area is 159 Å². The average Bonchev–Trinajstić information content (AvgIpc) is 2.98. The third-order valence-corrected chi connectivity index (χ3v) is 5.22. The van der Waals surface area contributed by atoms with E-state index in [4.69, 9.17) is 4.74 Å². The third kappa shape index (κ3) is 3.82. The number of hydrogen-bond acceptors (Lipinski definition) is 3. The average molecular weight is 367 g/mol. The van der Waals surface area contributed by atoms with Crippen LogP contribution in [-0.2, 0) is 9.53 Å². The Morgan fingerprint density at radius 1 is 1.07 bits per heavy atom. The molecule has 0 heterocycles. The van der Waals surface area contributed by atoms with Gasteiger partial charge in [-0.25, -0.2) is 9.59 Å². The zero-order chi connectivity index (χ0) is 19.4. The number of rotatable bonds is 7. The van der Waals surface area contributed by atoms with Crippen molar-refractivity contribution in [3.8, 4) is 11.1 Å². The predicted molar refractivity (Wildman–Crippen MR) is 104 cm³/mol. The maximum atomic E-state index is 12.3. The molecule has 3 rings (SSSR count). The molecular formula is C22H25NO4. The number of ether oxygens (including phenoxy) is 1. The Kier molecular flexibility index (Phi) is 5.49. The summed E-state index contributed by atoms with van der Waals surface area (Å²) in [4.78, 5) is 23.9. The first-order chi connectivity index (χ1) is 13.0. The molecule has 1 unspecified atom stereocenters. The van der Waals surface area contributed by atoms with Crippen molar-refractivity contribution in [1.29, 1.82) is 0 Å². The summed E-state index contributed by atoms with van der Waals surface area (Å²) >= 11 is 0. The lowest BCUT2D eigenvalue weighted by Gasteiger charge is -2.26. The molecule has 0 saturated carbocycles. The minimum absolute atomic E-state index is 0.0464. The lowest BCUT2D eigenvalue weighted by Crippen LogP contribution is -2.52. The summed E-state index contributed by atoms with van der Waals surface area (Å²) in [6.07, 6.45) is 1.24. The van der Waals surface area contributed by atoms with E-state index in [2.05, 4.69) is 17.4 Å². The van der Waals surface area contributed by atoms with Gasteiger partial charge in [-0.1, -0.05) is 68.3 Å². The highest BCUT2D eigenvalue weighted by molar-refractivity contribution is 5.84. The SMILES string of the molecule is CCCCC(C)(NC(=O)OCC1c2ccccc2-c2ccccc21)C(=O)O. The van der Waals surface area contributed by atoms with Crippen LogP contribution in [0.25, 0.3) is 11.1 Å². The maximum Gasteiger partial charge on any atom is 0.408 e. The fourth-order valence-electron chi connectivity index (χ4n) is 3.61. The van der Waals surface area contributed by atoms with E-state index >= 15 is 0 Å². The van der Waals surface area contributed by atoms with Crippen molar-refractivity contribution in [3.05, 3.63) is 59.7 Å². The van der Waals surface area contributed by atoms with Crippen molar-refractivity contribution in [2.45, 2.75) is 44.6 Å². The zero-order valence-electron chi connectivity index (χ0n) is 15.7. The summed E-state index contributed by atoms with van der Waals surface area (Å²) in [5.41, 5.74) is 3.23. The molecule has 1 amide bonds. The number of aliphatic carboxylic acids is 1. The molecule has 0 bridgehead atoms. The highest BCUT2D eigenvalue weighted by Crippen LogP contribution is 2.44. The van der Waals surface area contributed by atoms with Gasteiger partial charge in [0, 0.05) is 5.92 Å². The van der Waals surface area contributed by atoms with E-state index < -0.39 is 17.6 Å². The number of hydrogen-bond donors (Lipinski definition) is 2. The van der Waals surface area contributed by atoms with E-state index in [-0.39, 0.29) is 12.5 Å². The monoisotopic (exact) mass is 367 g/mol. The second-order valence-corrected chi connectivity index (χ2v) is 7.19. The molecule has 0 radical (unpaired) electrons. The predicted octanol–water partition coefficient (Wildman–Crippen LogP) is 4.56. The van der Waals surface area contributed by atoms with Crippen LogP contribution in [0.3, 0.4) is 0 Å². The van der Waals surface area contributed by atoms with Gasteiger partial charge in [0.1, 0.15) is 12.1 Å². The topological polar surface area (TPSA) is 75.6 Å². The smallest absolute Gasteiger partial charge is 0.408 e. The summed E-state index contributed by atoms with van der Waals surface area (Å²) < 4.78 is 5.45. The first kappa shape index (κ1) is 19.0. The molecule has 2 aromatic carbocycles. The second kappa shape index (κ2) is 7.82. The van der Waals surface area contributed by atoms with Crippen LogP contribution in [0.5, 0.6) is 0 Å². The molecule has 1 aliphatic rings. The minimum Gasteiger partial charge on any atom is -0.480 e. The van der Waals surface area contributed by atoms with Crippen molar-refractivity contribution in [1.82, 2.24) is 5.32 Å². The van der Waals surface area contributed by atoms with Gasteiger partial charge in [-0.3, -0.25) is 0 Å². The van der Waals surface area contributed by atoms with Crippen molar-refractivity contribution >= 4 is 12.1 Å². The Bertz CT molecular complexity index is 802. The number of carbonyl (C=O) groups is 2. The highest BCUT2D eigenvalue weighted by Gasteiger charge is 2.35. The summed E-state index contributed by atoms with van der Waals surface area (Å²) in [6.45, 7) is 3.67. The number of amides is 1. The van der Waals surface area contributed by atoms with Crippen molar-refractivity contribution in [2.75, 3.05) is 6.61 Å². The molecule has 27 heavy (non-hydrogen) atoms. The van der Waals surface area contributed by atoms with Gasteiger partial charge in [0.2, 0.25) is 0 Å². The van der Waals surface area contributed by atoms with E-state index in [9.17, 15) is 14.7 Å². The van der Waals surface area contributed by atoms with Gasteiger partial charge in [-0.2, -0.15) is 0 Å². The van der Waals surface area contributed by atoms with Crippen LogP contribution in [0.1, 0.15) is 50.2 Å². The van der Waals surface area contributed by atoms with Gasteiger partial charge in [-0.05, 0) is 35.6 Å². The number of alkyl carbamates (subject to hydrolysis) is 1. The summed E-state index contributed by atoms with van der Waals surface area (Å²) in [5, 5.41) is 12.0. The van der Waals surface area contributed by atoms with Crippen LogP contribution in [0, 0.1) is 0 Å². The molecular weight excluding hydrogens is 342 g/mol. The largest absolute Gasteiger partial charge is 0.480 e. The van der Waals surface area contributed by atoms with Gasteiger partial charge in [0.25, 0.3) is 0 Å². The molecule has 2 N–H and O–H groups in total.